The van der Waals surface area contributed by atoms with Crippen molar-refractivity contribution in [2.75, 3.05) is 20.3 Å². The first-order chi connectivity index (χ1) is 29.8. The van der Waals surface area contributed by atoms with Gasteiger partial charge >= 0.3 is 23.9 Å². The van der Waals surface area contributed by atoms with E-state index in [0.717, 1.165) is 37.7 Å². The van der Waals surface area contributed by atoms with Crippen molar-refractivity contribution in [1.29, 1.82) is 0 Å². The zero-order valence-electron chi connectivity index (χ0n) is 41.1. The number of aliphatic hydroxyl groups excluding tert-OH is 1. The molecule has 0 bridgehead atoms. The van der Waals surface area contributed by atoms with Gasteiger partial charge in [0.05, 0.1) is 25.6 Å². The highest BCUT2D eigenvalue weighted by Crippen LogP contribution is 2.30. The summed E-state index contributed by atoms with van der Waals surface area (Å²) < 4.78 is 20.1. The number of ether oxygens (including phenoxy) is 4. The molecule has 1 atom stereocenters. The first-order valence-electron chi connectivity index (χ1n) is 24.3. The number of carbonyl (C=O) groups excluding carboxylic acids is 4. The van der Waals surface area contributed by atoms with Gasteiger partial charge in [-0.1, -0.05) is 175 Å². The maximum absolute atomic E-state index is 11.8. The molecule has 0 heterocycles. The van der Waals surface area contributed by atoms with Crippen LogP contribution >= 0.6 is 12.4 Å². The normalized spacial score (nSPS) is 11.4. The van der Waals surface area contributed by atoms with Gasteiger partial charge in [0.1, 0.15) is 6.10 Å². The number of halogens is 1. The maximum atomic E-state index is 11.8. The minimum absolute atomic E-state index is 0. The lowest BCUT2D eigenvalue weighted by atomic mass is 10.1. The molecule has 63 heavy (non-hydrogen) atoms. The number of esters is 4. The second-order valence-corrected chi connectivity index (χ2v) is 16.8. The van der Waals surface area contributed by atoms with Gasteiger partial charge in [0.25, 0.3) is 0 Å². The van der Waals surface area contributed by atoms with Crippen LogP contribution in [0.5, 0.6) is 11.5 Å². The van der Waals surface area contributed by atoms with E-state index in [9.17, 15) is 19.2 Å². The highest BCUT2D eigenvalue weighted by molar-refractivity contribution is 5.85. The monoisotopic (exact) mass is 910 g/mol. The molecule has 0 spiro atoms. The summed E-state index contributed by atoms with van der Waals surface area (Å²) in [5.41, 5.74) is 6.45. The molecule has 0 aliphatic heterocycles. The maximum Gasteiger partial charge on any atom is 0.334 e. The van der Waals surface area contributed by atoms with E-state index in [1.54, 1.807) is 39.8 Å². The van der Waals surface area contributed by atoms with Gasteiger partial charge in [0.15, 0.2) is 11.5 Å². The predicted octanol–water partition coefficient (Wildman–Crippen LogP) is 13.3. The summed E-state index contributed by atoms with van der Waals surface area (Å²) in [5, 5.41) is 8.94. The SMILES string of the molecule is CC(C)C(=O)Oc1ccc(CCN)cc1OC(=O)C(C)C.CCCCC/C=C\C/C=C\CCCCCCCC(=O)OC.CCCCCCCCCCCCCCOC(=O)C(C)O.Cl. The Morgan fingerprint density at radius 1 is 0.603 bits per heavy atom. The van der Waals surface area contributed by atoms with E-state index >= 15 is 0 Å². The number of allylic oxidation sites excluding steroid dienone is 4. The minimum atomic E-state index is -0.993. The van der Waals surface area contributed by atoms with Crippen LogP contribution in [-0.4, -0.2) is 55.3 Å². The molecule has 10 nitrogen and oxygen atoms in total. The predicted molar refractivity (Wildman–Crippen MR) is 262 cm³/mol. The molecule has 1 rings (SSSR count). The summed E-state index contributed by atoms with van der Waals surface area (Å²) in [4.78, 5) is 45.4. The summed E-state index contributed by atoms with van der Waals surface area (Å²) in [6.45, 7) is 13.8. The fraction of sp³-hybridized carbons (Fsp3) is 0.731. The number of aliphatic hydroxyl groups is 1. The van der Waals surface area contributed by atoms with Gasteiger partial charge in [-0.15, -0.1) is 12.4 Å². The van der Waals surface area contributed by atoms with Crippen LogP contribution in [0.2, 0.25) is 0 Å². The second kappa shape index (κ2) is 46.8. The molecule has 0 amide bonds. The number of rotatable bonds is 34. The molecule has 366 valence electrons. The van der Waals surface area contributed by atoms with Crippen LogP contribution in [0.15, 0.2) is 42.5 Å². The lowest BCUT2D eigenvalue weighted by Crippen LogP contribution is -2.19. The van der Waals surface area contributed by atoms with Crippen LogP contribution in [-0.2, 0) is 35.1 Å². The molecule has 0 fully saturated rings. The molecule has 0 aliphatic rings. The van der Waals surface area contributed by atoms with Gasteiger partial charge < -0.3 is 29.8 Å². The van der Waals surface area contributed by atoms with Gasteiger partial charge in [0.2, 0.25) is 0 Å². The van der Waals surface area contributed by atoms with Crippen LogP contribution in [0.1, 0.15) is 208 Å². The van der Waals surface area contributed by atoms with Crippen LogP contribution < -0.4 is 15.2 Å². The summed E-state index contributed by atoms with van der Waals surface area (Å²) in [5.74, 6) is -1.35. The summed E-state index contributed by atoms with van der Waals surface area (Å²) in [6.07, 6.45) is 38.2. The quantitative estimate of drug-likeness (QED) is 0.0296. The zero-order chi connectivity index (χ0) is 46.6. The molecule has 0 aliphatic carbocycles. The zero-order valence-corrected chi connectivity index (χ0v) is 41.9. The van der Waals surface area contributed by atoms with Gasteiger partial charge in [-0.05, 0) is 82.5 Å². The van der Waals surface area contributed by atoms with E-state index in [1.807, 2.05) is 6.07 Å². The van der Waals surface area contributed by atoms with Crippen molar-refractivity contribution in [2.45, 2.75) is 215 Å². The Labute approximate surface area is 390 Å². The number of hydrogen-bond acceptors (Lipinski definition) is 10. The van der Waals surface area contributed by atoms with Crippen molar-refractivity contribution < 1.29 is 43.2 Å². The summed E-state index contributed by atoms with van der Waals surface area (Å²) in [6, 6.07) is 5.13. The molecular formula is C52H92ClNO9. The molecule has 0 radical (unpaired) electrons. The first-order valence-corrected chi connectivity index (χ1v) is 24.3. The highest BCUT2D eigenvalue weighted by Gasteiger charge is 2.18. The number of nitrogens with two attached hydrogens (primary N) is 1. The van der Waals surface area contributed by atoms with Crippen molar-refractivity contribution in [2.24, 2.45) is 17.6 Å². The topological polar surface area (TPSA) is 151 Å². The highest BCUT2D eigenvalue weighted by atomic mass is 35.5. The van der Waals surface area contributed by atoms with E-state index in [1.165, 1.54) is 130 Å². The van der Waals surface area contributed by atoms with Crippen molar-refractivity contribution in [3.63, 3.8) is 0 Å². The molecule has 11 heteroatoms. The largest absolute Gasteiger partial charge is 0.469 e. The third kappa shape index (κ3) is 42.5. The number of benzene rings is 1. The van der Waals surface area contributed by atoms with E-state index in [2.05, 4.69) is 42.9 Å². The molecular weight excluding hydrogens is 818 g/mol. The van der Waals surface area contributed by atoms with Crippen molar-refractivity contribution in [1.82, 2.24) is 0 Å². The Kier molecular flexibility index (Phi) is 47.6. The fourth-order valence-electron chi connectivity index (χ4n) is 5.91. The standard InChI is InChI=1S/C19H34O2.C17H34O3.C16H23NO4.ClH/c1-3-4-5-6-7-8-9-10-11-12-13-14-15-16-17-18-19(20)21-2;1-3-4-5-6-7-8-9-10-11-12-13-14-15-20-17(19)16(2)18;1-10(2)15(18)20-13-6-5-12(7-8-17)9-14(13)21-16(19)11(3)4;/h7-8,10-11H,3-6,9,12-18H2,1-2H3;16,18H,3-15H2,1-2H3;5-6,9-11H,7-8,17H2,1-4H3;1H/b8-7-,11-10-;;;. The van der Waals surface area contributed by atoms with Gasteiger partial charge in [-0.3, -0.25) is 14.4 Å². The van der Waals surface area contributed by atoms with Gasteiger partial charge in [0, 0.05) is 6.42 Å². The van der Waals surface area contributed by atoms with E-state index in [4.69, 9.17) is 25.1 Å². The Morgan fingerprint density at radius 3 is 1.52 bits per heavy atom. The van der Waals surface area contributed by atoms with E-state index < -0.39 is 12.1 Å². The number of carbonyl (C=O) groups is 4. The summed E-state index contributed by atoms with van der Waals surface area (Å²) in [7, 11) is 1.45. The molecule has 1 unspecified atom stereocenters. The molecule has 1 aromatic rings. The van der Waals surface area contributed by atoms with Crippen LogP contribution in [0.4, 0.5) is 0 Å². The lowest BCUT2D eigenvalue weighted by Gasteiger charge is -2.14. The Hall–Kier alpha value is -3.21. The molecule has 1 aromatic carbocycles. The number of unbranched alkanes of at least 4 members (excludes halogenated alkanes) is 19. The lowest BCUT2D eigenvalue weighted by molar-refractivity contribution is -0.152. The summed E-state index contributed by atoms with van der Waals surface area (Å²) >= 11 is 0. The van der Waals surface area contributed by atoms with Crippen molar-refractivity contribution in [3.05, 3.63) is 48.1 Å². The van der Waals surface area contributed by atoms with Crippen molar-refractivity contribution in [3.8, 4) is 11.5 Å². The average molecular weight is 911 g/mol. The van der Waals surface area contributed by atoms with E-state index in [-0.39, 0.29) is 53.6 Å². The van der Waals surface area contributed by atoms with Crippen LogP contribution in [0.3, 0.4) is 0 Å². The molecule has 0 saturated heterocycles. The van der Waals surface area contributed by atoms with E-state index in [0.29, 0.717) is 26.0 Å². The Morgan fingerprint density at radius 2 is 1.05 bits per heavy atom. The number of hydrogen-bond donors (Lipinski definition) is 2. The third-order valence-corrected chi connectivity index (χ3v) is 9.95. The van der Waals surface area contributed by atoms with Gasteiger partial charge in [-0.25, -0.2) is 4.79 Å². The fourth-order valence-corrected chi connectivity index (χ4v) is 5.91. The minimum Gasteiger partial charge on any atom is -0.469 e. The van der Waals surface area contributed by atoms with Gasteiger partial charge in [-0.2, -0.15) is 0 Å². The smallest absolute Gasteiger partial charge is 0.334 e. The third-order valence-electron chi connectivity index (χ3n) is 9.95. The Balaban J connectivity index is -0.000000851. The second-order valence-electron chi connectivity index (χ2n) is 16.8. The van der Waals surface area contributed by atoms with Crippen LogP contribution in [0.25, 0.3) is 0 Å². The average Bonchev–Trinajstić information content (AvgIpc) is 3.24. The number of methoxy groups -OCH3 is 1. The molecule has 0 aromatic heterocycles. The van der Waals surface area contributed by atoms with Crippen molar-refractivity contribution >= 4 is 36.3 Å². The first kappa shape index (κ1) is 64.1. The van der Waals surface area contributed by atoms with Crippen LogP contribution in [0, 0.1) is 11.8 Å². The molecule has 3 N–H and O–H groups in total. The molecule has 0 saturated carbocycles. The Bertz CT molecular complexity index is 1310.